The van der Waals surface area contributed by atoms with Crippen LogP contribution in [0, 0.1) is 6.92 Å². The normalized spacial score (nSPS) is 15.2. The molecule has 1 aliphatic rings. The molecule has 0 spiro atoms. The van der Waals surface area contributed by atoms with E-state index in [1.54, 1.807) is 0 Å². The number of carbonyl (C=O) groups excluding carboxylic acids is 1. The van der Waals surface area contributed by atoms with Crippen LogP contribution in [0.1, 0.15) is 11.1 Å². The zero-order chi connectivity index (χ0) is 17.6. The molecule has 1 fully saturated rings. The molecule has 2 aromatic carbocycles. The zero-order valence-corrected chi connectivity index (χ0v) is 15.2. The van der Waals surface area contributed by atoms with E-state index >= 15 is 0 Å². The van der Waals surface area contributed by atoms with Gasteiger partial charge in [0.2, 0.25) is 0 Å². The Hall–Kier alpha value is -2.04. The molecule has 1 heterocycles. The average molecular weight is 359 g/mol. The van der Waals surface area contributed by atoms with Crippen LogP contribution in [0.5, 0.6) is 5.75 Å². The summed E-state index contributed by atoms with van der Waals surface area (Å²) in [6.45, 7) is 6.22. The number of hydrogen-bond acceptors (Lipinski definition) is 3. The van der Waals surface area contributed by atoms with Gasteiger partial charge in [-0.1, -0.05) is 35.9 Å². The van der Waals surface area contributed by atoms with E-state index in [2.05, 4.69) is 17.0 Å². The lowest BCUT2D eigenvalue weighted by molar-refractivity contribution is -0.135. The van der Waals surface area contributed by atoms with E-state index in [-0.39, 0.29) is 12.5 Å². The summed E-state index contributed by atoms with van der Waals surface area (Å²) in [4.78, 5) is 16.6. The van der Waals surface area contributed by atoms with E-state index in [4.69, 9.17) is 16.3 Å². The molecule has 0 saturated carbocycles. The van der Waals surface area contributed by atoms with Crippen LogP contribution in [0.25, 0.3) is 0 Å². The highest BCUT2D eigenvalue weighted by Crippen LogP contribution is 2.14. The minimum Gasteiger partial charge on any atom is -0.484 e. The van der Waals surface area contributed by atoms with Crippen molar-refractivity contribution in [2.75, 3.05) is 32.8 Å². The molecule has 0 N–H and O–H groups in total. The van der Waals surface area contributed by atoms with Crippen LogP contribution in [-0.2, 0) is 11.3 Å². The summed E-state index contributed by atoms with van der Waals surface area (Å²) in [5.74, 6) is 0.794. The molecule has 4 nitrogen and oxygen atoms in total. The Morgan fingerprint density at radius 2 is 1.80 bits per heavy atom. The maximum atomic E-state index is 12.3. The summed E-state index contributed by atoms with van der Waals surface area (Å²) in [6, 6.07) is 15.7. The first kappa shape index (κ1) is 17.8. The molecule has 1 saturated heterocycles. The minimum atomic E-state index is 0.0487. The Bertz CT molecular complexity index is 710. The van der Waals surface area contributed by atoms with Gasteiger partial charge in [0.25, 0.3) is 5.91 Å². The van der Waals surface area contributed by atoms with E-state index in [1.807, 2.05) is 48.2 Å². The number of nitrogens with zero attached hydrogens (tertiary/aromatic N) is 2. The van der Waals surface area contributed by atoms with Gasteiger partial charge in [-0.15, -0.1) is 0 Å². The monoisotopic (exact) mass is 358 g/mol. The molecular formula is C20H23ClN2O2. The number of aryl methyl sites for hydroxylation is 1. The van der Waals surface area contributed by atoms with E-state index in [0.717, 1.165) is 49.1 Å². The largest absolute Gasteiger partial charge is 0.484 e. The molecule has 1 aliphatic heterocycles. The number of piperazine rings is 1. The summed E-state index contributed by atoms with van der Waals surface area (Å²) < 4.78 is 5.62. The zero-order valence-electron chi connectivity index (χ0n) is 14.5. The highest BCUT2D eigenvalue weighted by atomic mass is 35.5. The maximum absolute atomic E-state index is 12.3. The number of hydrogen-bond donors (Lipinski definition) is 0. The smallest absolute Gasteiger partial charge is 0.260 e. The van der Waals surface area contributed by atoms with Gasteiger partial charge in [0.1, 0.15) is 5.75 Å². The fourth-order valence-electron chi connectivity index (χ4n) is 2.94. The second-order valence-electron chi connectivity index (χ2n) is 6.39. The predicted octanol–water partition coefficient (Wildman–Crippen LogP) is 3.37. The third-order valence-corrected chi connectivity index (χ3v) is 4.65. The molecule has 132 valence electrons. The fraction of sp³-hybridized carbons (Fsp3) is 0.350. The highest BCUT2D eigenvalue weighted by molar-refractivity contribution is 6.30. The van der Waals surface area contributed by atoms with Crippen molar-refractivity contribution in [1.29, 1.82) is 0 Å². The summed E-state index contributed by atoms with van der Waals surface area (Å²) in [7, 11) is 0. The molecule has 0 bridgehead atoms. The van der Waals surface area contributed by atoms with Gasteiger partial charge in [-0.2, -0.15) is 0 Å². The average Bonchev–Trinajstić information content (AvgIpc) is 2.62. The van der Waals surface area contributed by atoms with Gasteiger partial charge in [0.15, 0.2) is 6.61 Å². The van der Waals surface area contributed by atoms with Gasteiger partial charge < -0.3 is 9.64 Å². The Kier molecular flexibility index (Phi) is 5.95. The van der Waals surface area contributed by atoms with Gasteiger partial charge in [-0.05, 0) is 42.3 Å². The fourth-order valence-corrected chi connectivity index (χ4v) is 3.07. The molecular weight excluding hydrogens is 336 g/mol. The number of ether oxygens (including phenoxy) is 1. The lowest BCUT2D eigenvalue weighted by Gasteiger charge is -2.34. The Morgan fingerprint density at radius 1 is 1.08 bits per heavy atom. The lowest BCUT2D eigenvalue weighted by atomic mass is 10.2. The molecule has 0 atom stereocenters. The van der Waals surface area contributed by atoms with Gasteiger partial charge in [0.05, 0.1) is 0 Å². The number of carbonyl (C=O) groups is 1. The standard InChI is InChI=1S/C20H23ClN2O2/c1-16-3-2-4-19(13-16)25-15-20(24)23-11-9-22(10-12-23)14-17-5-7-18(21)8-6-17/h2-8,13H,9-12,14-15H2,1H3. The number of amides is 1. The van der Waals surface area contributed by atoms with Crippen molar-refractivity contribution in [3.63, 3.8) is 0 Å². The van der Waals surface area contributed by atoms with Gasteiger partial charge in [0, 0.05) is 37.7 Å². The summed E-state index contributed by atoms with van der Waals surface area (Å²) in [5.41, 5.74) is 2.37. The molecule has 1 amide bonds. The van der Waals surface area contributed by atoms with Crippen LogP contribution >= 0.6 is 11.6 Å². The predicted molar refractivity (Wildman–Crippen MR) is 100.0 cm³/mol. The number of halogens is 1. The third kappa shape index (κ3) is 5.21. The Labute approximate surface area is 154 Å². The highest BCUT2D eigenvalue weighted by Gasteiger charge is 2.21. The van der Waals surface area contributed by atoms with Crippen LogP contribution in [0.15, 0.2) is 48.5 Å². The first-order valence-electron chi connectivity index (χ1n) is 8.54. The van der Waals surface area contributed by atoms with Crippen molar-refractivity contribution in [2.24, 2.45) is 0 Å². The van der Waals surface area contributed by atoms with E-state index in [0.29, 0.717) is 0 Å². The van der Waals surface area contributed by atoms with Crippen LogP contribution in [0.4, 0.5) is 0 Å². The Balaban J connectivity index is 1.43. The van der Waals surface area contributed by atoms with Crippen molar-refractivity contribution in [3.05, 3.63) is 64.7 Å². The van der Waals surface area contributed by atoms with E-state index in [1.165, 1.54) is 5.56 Å². The van der Waals surface area contributed by atoms with Crippen LogP contribution in [-0.4, -0.2) is 48.5 Å². The van der Waals surface area contributed by atoms with Gasteiger partial charge >= 0.3 is 0 Å². The van der Waals surface area contributed by atoms with Crippen LogP contribution < -0.4 is 4.74 Å². The molecule has 0 unspecified atom stereocenters. The first-order valence-corrected chi connectivity index (χ1v) is 8.92. The van der Waals surface area contributed by atoms with Crippen molar-refractivity contribution in [1.82, 2.24) is 9.80 Å². The Morgan fingerprint density at radius 3 is 2.48 bits per heavy atom. The number of benzene rings is 2. The second-order valence-corrected chi connectivity index (χ2v) is 6.83. The number of rotatable bonds is 5. The molecule has 0 radical (unpaired) electrons. The molecule has 5 heteroatoms. The van der Waals surface area contributed by atoms with Crippen molar-refractivity contribution >= 4 is 17.5 Å². The van der Waals surface area contributed by atoms with E-state index in [9.17, 15) is 4.79 Å². The quantitative estimate of drug-likeness (QED) is 0.821. The van der Waals surface area contributed by atoms with Gasteiger partial charge in [-0.25, -0.2) is 0 Å². The SMILES string of the molecule is Cc1cccc(OCC(=O)N2CCN(Cc3ccc(Cl)cc3)CC2)c1. The first-order chi connectivity index (χ1) is 12.1. The van der Waals surface area contributed by atoms with Crippen molar-refractivity contribution in [3.8, 4) is 5.75 Å². The summed E-state index contributed by atoms with van der Waals surface area (Å²) in [5, 5.41) is 0.757. The molecule has 2 aromatic rings. The molecule has 0 aliphatic carbocycles. The summed E-state index contributed by atoms with van der Waals surface area (Å²) in [6.07, 6.45) is 0. The lowest BCUT2D eigenvalue weighted by Crippen LogP contribution is -2.49. The molecule has 0 aromatic heterocycles. The topological polar surface area (TPSA) is 32.8 Å². The van der Waals surface area contributed by atoms with Crippen LogP contribution in [0.2, 0.25) is 5.02 Å². The second kappa shape index (κ2) is 8.37. The third-order valence-electron chi connectivity index (χ3n) is 4.40. The van der Waals surface area contributed by atoms with Crippen molar-refractivity contribution in [2.45, 2.75) is 13.5 Å². The molecule has 3 rings (SSSR count). The van der Waals surface area contributed by atoms with Gasteiger partial charge in [-0.3, -0.25) is 9.69 Å². The van der Waals surface area contributed by atoms with Crippen LogP contribution in [0.3, 0.4) is 0 Å². The summed E-state index contributed by atoms with van der Waals surface area (Å²) >= 11 is 5.92. The minimum absolute atomic E-state index is 0.0487. The van der Waals surface area contributed by atoms with Crippen molar-refractivity contribution < 1.29 is 9.53 Å². The maximum Gasteiger partial charge on any atom is 0.260 e. The van der Waals surface area contributed by atoms with E-state index < -0.39 is 0 Å². The molecule has 25 heavy (non-hydrogen) atoms.